The summed E-state index contributed by atoms with van der Waals surface area (Å²) in [6.45, 7) is 0. The fourth-order valence-electron chi connectivity index (χ4n) is 1.66. The van der Waals surface area contributed by atoms with Crippen LogP contribution in [0.3, 0.4) is 0 Å². The number of nitrogens with one attached hydrogen (secondary N) is 2. The summed E-state index contributed by atoms with van der Waals surface area (Å²) in [6.07, 6.45) is 3.02. The Labute approximate surface area is 114 Å². The molecule has 2 amide bonds. The van der Waals surface area contributed by atoms with Gasteiger partial charge in [0.1, 0.15) is 5.75 Å². The van der Waals surface area contributed by atoms with Gasteiger partial charge in [0.05, 0.1) is 6.20 Å². The molecular formula is C13H14N4O3. The minimum atomic E-state index is -1.06. The van der Waals surface area contributed by atoms with Crippen LogP contribution in [0, 0.1) is 0 Å². The van der Waals surface area contributed by atoms with Crippen LogP contribution >= 0.6 is 0 Å². The fraction of sp³-hybridized carbons (Fsp3) is 0.154. The Morgan fingerprint density at radius 1 is 1.25 bits per heavy atom. The molecule has 20 heavy (non-hydrogen) atoms. The summed E-state index contributed by atoms with van der Waals surface area (Å²) >= 11 is 0. The molecule has 1 heterocycles. The molecule has 2 rings (SSSR count). The summed E-state index contributed by atoms with van der Waals surface area (Å²) in [5, 5.41) is 11.4. The molecule has 0 bridgehead atoms. The molecule has 0 fully saturated rings. The number of rotatable bonds is 4. The summed E-state index contributed by atoms with van der Waals surface area (Å²) < 4.78 is 0. The number of aryl methyl sites for hydroxylation is 2. The maximum Gasteiger partial charge on any atom is 0.315 e. The number of nitrogens with two attached hydrogens (primary N) is 1. The number of anilines is 1. The van der Waals surface area contributed by atoms with Gasteiger partial charge in [-0.1, -0.05) is 12.1 Å². The van der Waals surface area contributed by atoms with Gasteiger partial charge in [-0.3, -0.25) is 14.9 Å². The summed E-state index contributed by atoms with van der Waals surface area (Å²) in [6, 6.07) is 6.92. The summed E-state index contributed by atoms with van der Waals surface area (Å²) in [5.41, 5.74) is 6.71. The fourth-order valence-corrected chi connectivity index (χ4v) is 1.66. The Bertz CT molecular complexity index is 619. The molecule has 0 atom stereocenters. The quantitative estimate of drug-likeness (QED) is 0.600. The number of carbonyl (C=O) groups excluding carboxylic acids is 2. The van der Waals surface area contributed by atoms with E-state index in [0.29, 0.717) is 6.42 Å². The number of hydrogen-bond acceptors (Lipinski definition) is 4. The summed E-state index contributed by atoms with van der Waals surface area (Å²) in [7, 11) is 0. The van der Waals surface area contributed by atoms with Gasteiger partial charge >= 0.3 is 11.8 Å². The second kappa shape index (κ2) is 5.87. The molecule has 0 unspecified atom stereocenters. The smallest absolute Gasteiger partial charge is 0.315 e. The van der Waals surface area contributed by atoms with E-state index >= 15 is 0 Å². The first kappa shape index (κ1) is 13.6. The zero-order valence-corrected chi connectivity index (χ0v) is 10.6. The zero-order valence-electron chi connectivity index (χ0n) is 10.6. The molecule has 0 aliphatic heterocycles. The largest absolute Gasteiger partial charge is 0.508 e. The molecule has 0 radical (unpaired) electrons. The highest BCUT2D eigenvalue weighted by atomic mass is 16.3. The number of hydrogen-bond donors (Lipinski definition) is 4. The molecule has 0 spiro atoms. The first-order valence-corrected chi connectivity index (χ1v) is 5.97. The lowest BCUT2D eigenvalue weighted by Crippen LogP contribution is -2.29. The lowest BCUT2D eigenvalue weighted by molar-refractivity contribution is -0.134. The lowest BCUT2D eigenvalue weighted by atomic mass is 10.1. The van der Waals surface area contributed by atoms with Crippen LogP contribution in [-0.4, -0.2) is 26.9 Å². The average molecular weight is 274 g/mol. The van der Waals surface area contributed by atoms with Crippen molar-refractivity contribution >= 4 is 17.8 Å². The first-order chi connectivity index (χ1) is 9.54. The number of aromatic nitrogens is 2. The molecule has 7 heteroatoms. The number of phenols is 1. The topological polar surface area (TPSA) is 121 Å². The average Bonchev–Trinajstić information content (AvgIpc) is 2.85. The highest BCUT2D eigenvalue weighted by molar-refractivity contribution is 6.38. The van der Waals surface area contributed by atoms with Crippen molar-refractivity contribution in [2.24, 2.45) is 5.73 Å². The highest BCUT2D eigenvalue weighted by Crippen LogP contribution is 2.12. The van der Waals surface area contributed by atoms with Crippen molar-refractivity contribution in [2.75, 3.05) is 5.32 Å². The molecular weight excluding hydrogens is 260 g/mol. The van der Waals surface area contributed by atoms with Gasteiger partial charge in [-0.05, 0) is 30.5 Å². The van der Waals surface area contributed by atoms with Crippen molar-refractivity contribution in [1.82, 2.24) is 9.97 Å². The molecule has 2 aromatic rings. The van der Waals surface area contributed by atoms with E-state index in [4.69, 9.17) is 5.73 Å². The third kappa shape index (κ3) is 3.58. The van der Waals surface area contributed by atoms with Crippen LogP contribution in [0.4, 0.5) is 5.95 Å². The summed E-state index contributed by atoms with van der Waals surface area (Å²) in [5.74, 6) is -1.56. The Balaban J connectivity index is 1.91. The number of nitrogens with zero attached hydrogens (tertiary/aromatic N) is 1. The van der Waals surface area contributed by atoms with E-state index in [1.54, 1.807) is 18.3 Å². The van der Waals surface area contributed by atoms with Crippen molar-refractivity contribution in [2.45, 2.75) is 12.8 Å². The number of amides is 2. The van der Waals surface area contributed by atoms with Gasteiger partial charge < -0.3 is 15.8 Å². The van der Waals surface area contributed by atoms with Gasteiger partial charge in [0, 0.05) is 5.69 Å². The van der Waals surface area contributed by atoms with Gasteiger partial charge in [-0.15, -0.1) is 0 Å². The number of aromatic amines is 1. The number of benzene rings is 1. The van der Waals surface area contributed by atoms with E-state index in [1.165, 1.54) is 0 Å². The first-order valence-electron chi connectivity index (χ1n) is 5.97. The van der Waals surface area contributed by atoms with E-state index in [2.05, 4.69) is 15.3 Å². The third-order valence-corrected chi connectivity index (χ3v) is 2.70. The van der Waals surface area contributed by atoms with E-state index in [1.807, 2.05) is 12.1 Å². The van der Waals surface area contributed by atoms with Crippen LogP contribution in [-0.2, 0) is 22.4 Å². The molecule has 104 valence electrons. The van der Waals surface area contributed by atoms with E-state index in [9.17, 15) is 14.7 Å². The van der Waals surface area contributed by atoms with Crippen molar-refractivity contribution in [1.29, 1.82) is 0 Å². The Hall–Kier alpha value is -2.83. The van der Waals surface area contributed by atoms with Crippen LogP contribution in [0.15, 0.2) is 30.5 Å². The van der Waals surface area contributed by atoms with Crippen molar-refractivity contribution in [3.05, 3.63) is 41.7 Å². The molecule has 0 saturated heterocycles. The Morgan fingerprint density at radius 2 is 1.95 bits per heavy atom. The predicted molar refractivity (Wildman–Crippen MR) is 71.9 cm³/mol. The number of phenolic OH excluding ortho intramolecular Hbond substituents is 1. The number of H-pyrrole nitrogens is 1. The standard InChI is InChI=1S/C13H14N4O3/c14-11(19)12(20)17-13-15-7-9(16-13)4-1-8-2-5-10(18)6-3-8/h2-3,5-7,18H,1,4H2,(H2,14,19)(H2,15,16,17,20). The van der Waals surface area contributed by atoms with Gasteiger partial charge in [0.15, 0.2) is 0 Å². The van der Waals surface area contributed by atoms with Crippen molar-refractivity contribution in [3.8, 4) is 5.75 Å². The van der Waals surface area contributed by atoms with Crippen LogP contribution in [0.1, 0.15) is 11.3 Å². The van der Waals surface area contributed by atoms with Gasteiger partial charge in [0.25, 0.3) is 0 Å². The lowest BCUT2D eigenvalue weighted by Gasteiger charge is -2.00. The molecule has 0 aliphatic carbocycles. The maximum atomic E-state index is 11.1. The number of aromatic hydroxyl groups is 1. The monoisotopic (exact) mass is 274 g/mol. The number of carbonyl (C=O) groups is 2. The van der Waals surface area contributed by atoms with Crippen molar-refractivity contribution in [3.63, 3.8) is 0 Å². The minimum absolute atomic E-state index is 0.189. The molecule has 1 aromatic carbocycles. The summed E-state index contributed by atoms with van der Waals surface area (Å²) in [4.78, 5) is 28.5. The van der Waals surface area contributed by atoms with Gasteiger partial charge in [-0.2, -0.15) is 0 Å². The SMILES string of the molecule is NC(=O)C(=O)Nc1ncc(CCc2ccc(O)cc2)[nH]1. The molecule has 0 aliphatic rings. The Kier molecular flexibility index (Phi) is 3.99. The third-order valence-electron chi connectivity index (χ3n) is 2.70. The van der Waals surface area contributed by atoms with Crippen LogP contribution in [0.25, 0.3) is 0 Å². The number of imidazole rings is 1. The predicted octanol–water partition coefficient (Wildman–Crippen LogP) is 0.324. The van der Waals surface area contributed by atoms with E-state index in [0.717, 1.165) is 17.7 Å². The molecule has 0 saturated carbocycles. The van der Waals surface area contributed by atoms with Crippen LogP contribution in [0.5, 0.6) is 5.75 Å². The maximum absolute atomic E-state index is 11.1. The number of primary amides is 1. The van der Waals surface area contributed by atoms with Crippen LogP contribution in [0.2, 0.25) is 0 Å². The normalized spacial score (nSPS) is 10.2. The van der Waals surface area contributed by atoms with Crippen molar-refractivity contribution < 1.29 is 14.7 Å². The Morgan fingerprint density at radius 3 is 2.60 bits per heavy atom. The highest BCUT2D eigenvalue weighted by Gasteiger charge is 2.10. The van der Waals surface area contributed by atoms with E-state index in [-0.39, 0.29) is 11.7 Å². The van der Waals surface area contributed by atoms with Gasteiger partial charge in [0.2, 0.25) is 5.95 Å². The molecule has 1 aromatic heterocycles. The van der Waals surface area contributed by atoms with Gasteiger partial charge in [-0.25, -0.2) is 4.98 Å². The second-order valence-electron chi connectivity index (χ2n) is 4.24. The molecule has 5 N–H and O–H groups in total. The molecule has 7 nitrogen and oxygen atoms in total. The van der Waals surface area contributed by atoms with Crippen LogP contribution < -0.4 is 11.1 Å². The minimum Gasteiger partial charge on any atom is -0.508 e. The van der Waals surface area contributed by atoms with E-state index < -0.39 is 11.8 Å². The zero-order chi connectivity index (χ0) is 14.5. The second-order valence-corrected chi connectivity index (χ2v) is 4.24.